The molecule has 1 heterocycles. The number of nitrogens with zero attached hydrogens (tertiary/aromatic N) is 3. The summed E-state index contributed by atoms with van der Waals surface area (Å²) in [5.41, 5.74) is 0.660. The molecule has 1 aromatic carbocycles. The number of aryl methyl sites for hydroxylation is 1. The zero-order valence-electron chi connectivity index (χ0n) is 14.4. The van der Waals surface area contributed by atoms with E-state index in [-0.39, 0.29) is 18.1 Å². The molecule has 0 unspecified atom stereocenters. The van der Waals surface area contributed by atoms with Crippen molar-refractivity contribution in [3.8, 4) is 5.75 Å². The number of rotatable bonds is 9. The quantitative estimate of drug-likeness (QED) is 0.427. The lowest BCUT2D eigenvalue weighted by molar-refractivity contribution is -0.386. The number of nitro groups is 1. The number of ether oxygens (including phenoxy) is 1. The second kappa shape index (κ2) is 8.81. The smallest absolute Gasteiger partial charge is 0.312 e. The fraction of sp³-hybridized carbons (Fsp3) is 0.412. The third-order valence-corrected chi connectivity index (χ3v) is 3.72. The Bertz CT molecular complexity index is 728. The standard InChI is InChI=1S/C17H22N4O4/c1-13-17(21(23)24)14(2)20(19-13)12-16(22)18-10-6-7-11-25-15-8-4-3-5-9-15/h3-5,8-9H,6-7,10-12H2,1-2H3,(H,18,22). The Balaban J connectivity index is 1.68. The molecular weight excluding hydrogens is 324 g/mol. The van der Waals surface area contributed by atoms with Gasteiger partial charge in [-0.2, -0.15) is 5.10 Å². The van der Waals surface area contributed by atoms with Gasteiger partial charge in [0.2, 0.25) is 5.91 Å². The Labute approximate surface area is 145 Å². The molecule has 0 radical (unpaired) electrons. The summed E-state index contributed by atoms with van der Waals surface area (Å²) >= 11 is 0. The van der Waals surface area contributed by atoms with Crippen LogP contribution in [0, 0.1) is 24.0 Å². The van der Waals surface area contributed by atoms with E-state index in [0.29, 0.717) is 24.5 Å². The van der Waals surface area contributed by atoms with Gasteiger partial charge in [0.15, 0.2) is 0 Å². The third kappa shape index (κ3) is 5.30. The molecule has 0 bridgehead atoms. The monoisotopic (exact) mass is 346 g/mol. The first kappa shape index (κ1) is 18.4. The van der Waals surface area contributed by atoms with Gasteiger partial charge in [-0.3, -0.25) is 19.6 Å². The molecule has 0 fully saturated rings. The number of benzene rings is 1. The van der Waals surface area contributed by atoms with Crippen molar-refractivity contribution in [2.24, 2.45) is 0 Å². The summed E-state index contributed by atoms with van der Waals surface area (Å²) in [4.78, 5) is 22.4. The van der Waals surface area contributed by atoms with Gasteiger partial charge >= 0.3 is 5.69 Å². The van der Waals surface area contributed by atoms with Crippen molar-refractivity contribution in [3.63, 3.8) is 0 Å². The van der Waals surface area contributed by atoms with Crippen molar-refractivity contribution in [3.05, 3.63) is 51.8 Å². The van der Waals surface area contributed by atoms with E-state index in [1.54, 1.807) is 13.8 Å². The van der Waals surface area contributed by atoms with Crippen molar-refractivity contribution in [2.45, 2.75) is 33.2 Å². The van der Waals surface area contributed by atoms with E-state index in [0.717, 1.165) is 18.6 Å². The highest BCUT2D eigenvalue weighted by Gasteiger charge is 2.22. The zero-order valence-corrected chi connectivity index (χ0v) is 14.4. The van der Waals surface area contributed by atoms with Gasteiger partial charge in [0.05, 0.1) is 11.5 Å². The first-order valence-electron chi connectivity index (χ1n) is 8.12. The molecule has 0 atom stereocenters. The summed E-state index contributed by atoms with van der Waals surface area (Å²) in [6, 6.07) is 9.56. The molecule has 0 aliphatic heterocycles. The zero-order chi connectivity index (χ0) is 18.2. The average Bonchev–Trinajstić information content (AvgIpc) is 2.85. The molecule has 25 heavy (non-hydrogen) atoms. The topological polar surface area (TPSA) is 99.3 Å². The van der Waals surface area contributed by atoms with Crippen LogP contribution in [0.3, 0.4) is 0 Å². The predicted molar refractivity (Wildman–Crippen MR) is 92.5 cm³/mol. The highest BCUT2D eigenvalue weighted by Crippen LogP contribution is 2.21. The average molecular weight is 346 g/mol. The van der Waals surface area contributed by atoms with Crippen LogP contribution >= 0.6 is 0 Å². The Morgan fingerprint density at radius 2 is 2.00 bits per heavy atom. The summed E-state index contributed by atoms with van der Waals surface area (Å²) in [5.74, 6) is 0.613. The lowest BCUT2D eigenvalue weighted by Crippen LogP contribution is -2.29. The van der Waals surface area contributed by atoms with E-state index in [4.69, 9.17) is 4.74 Å². The molecule has 8 heteroatoms. The van der Waals surface area contributed by atoms with Gasteiger partial charge in [-0.1, -0.05) is 18.2 Å². The molecule has 2 aromatic rings. The highest BCUT2D eigenvalue weighted by atomic mass is 16.6. The first-order valence-corrected chi connectivity index (χ1v) is 8.12. The number of aromatic nitrogens is 2. The molecule has 0 aliphatic rings. The van der Waals surface area contributed by atoms with E-state index in [9.17, 15) is 14.9 Å². The first-order chi connectivity index (χ1) is 12.0. The van der Waals surface area contributed by atoms with E-state index in [1.165, 1.54) is 4.68 Å². The largest absolute Gasteiger partial charge is 0.494 e. The number of unbranched alkanes of at least 4 members (excludes halogenated alkanes) is 1. The van der Waals surface area contributed by atoms with Gasteiger partial charge < -0.3 is 10.1 Å². The molecule has 1 N–H and O–H groups in total. The summed E-state index contributed by atoms with van der Waals surface area (Å²) in [6.45, 7) is 4.24. The molecule has 8 nitrogen and oxygen atoms in total. The van der Waals surface area contributed by atoms with Gasteiger partial charge in [0.1, 0.15) is 23.7 Å². The minimum Gasteiger partial charge on any atom is -0.494 e. The number of para-hydroxylation sites is 1. The molecule has 0 aliphatic carbocycles. The van der Waals surface area contributed by atoms with Crippen molar-refractivity contribution < 1.29 is 14.5 Å². The fourth-order valence-corrected chi connectivity index (χ4v) is 2.46. The molecule has 2 rings (SSSR count). The number of hydrogen-bond acceptors (Lipinski definition) is 5. The summed E-state index contributed by atoms with van der Waals surface area (Å²) in [7, 11) is 0. The number of nitrogens with one attached hydrogen (secondary N) is 1. The van der Waals surface area contributed by atoms with Crippen molar-refractivity contribution in [2.75, 3.05) is 13.2 Å². The Hall–Kier alpha value is -2.90. The SMILES string of the molecule is Cc1nn(CC(=O)NCCCCOc2ccccc2)c(C)c1[N+](=O)[O-]. The van der Waals surface area contributed by atoms with E-state index >= 15 is 0 Å². The number of carbonyl (C=O) groups is 1. The van der Waals surface area contributed by atoms with Crippen LogP contribution in [0.4, 0.5) is 5.69 Å². The Morgan fingerprint density at radius 3 is 2.64 bits per heavy atom. The normalized spacial score (nSPS) is 10.5. The number of carbonyl (C=O) groups excluding carboxylic acids is 1. The third-order valence-electron chi connectivity index (χ3n) is 3.72. The minimum absolute atomic E-state index is 0.0268. The van der Waals surface area contributed by atoms with Crippen LogP contribution in [0.25, 0.3) is 0 Å². The molecular formula is C17H22N4O4. The predicted octanol–water partition coefficient (Wildman–Crippen LogP) is 2.38. The maximum atomic E-state index is 11.9. The molecule has 0 saturated heterocycles. The van der Waals surface area contributed by atoms with Gasteiger partial charge in [-0.15, -0.1) is 0 Å². The van der Waals surface area contributed by atoms with Crippen LogP contribution in [0.5, 0.6) is 5.75 Å². The fourth-order valence-electron chi connectivity index (χ4n) is 2.46. The molecule has 1 aromatic heterocycles. The minimum atomic E-state index is -0.473. The lowest BCUT2D eigenvalue weighted by Gasteiger charge is -2.07. The number of hydrogen-bond donors (Lipinski definition) is 1. The van der Waals surface area contributed by atoms with Crippen molar-refractivity contribution in [1.29, 1.82) is 0 Å². The summed E-state index contributed by atoms with van der Waals surface area (Å²) < 4.78 is 6.93. The van der Waals surface area contributed by atoms with Gasteiger partial charge in [0, 0.05) is 6.54 Å². The highest BCUT2D eigenvalue weighted by molar-refractivity contribution is 5.75. The van der Waals surface area contributed by atoms with Gasteiger partial charge in [-0.25, -0.2) is 0 Å². The second-order valence-corrected chi connectivity index (χ2v) is 5.65. The van der Waals surface area contributed by atoms with Crippen LogP contribution in [0.15, 0.2) is 30.3 Å². The van der Waals surface area contributed by atoms with Crippen LogP contribution in [-0.2, 0) is 11.3 Å². The van der Waals surface area contributed by atoms with E-state index in [2.05, 4.69) is 10.4 Å². The van der Waals surface area contributed by atoms with Gasteiger partial charge in [-0.05, 0) is 38.8 Å². The van der Waals surface area contributed by atoms with Crippen molar-refractivity contribution in [1.82, 2.24) is 15.1 Å². The number of amides is 1. The van der Waals surface area contributed by atoms with Gasteiger partial charge in [0.25, 0.3) is 0 Å². The van der Waals surface area contributed by atoms with Crippen LogP contribution in [0.1, 0.15) is 24.2 Å². The Kier molecular flexibility index (Phi) is 6.50. The van der Waals surface area contributed by atoms with Crippen LogP contribution in [-0.4, -0.2) is 33.8 Å². The Morgan fingerprint density at radius 1 is 1.28 bits per heavy atom. The second-order valence-electron chi connectivity index (χ2n) is 5.65. The van der Waals surface area contributed by atoms with Crippen LogP contribution < -0.4 is 10.1 Å². The molecule has 1 amide bonds. The maximum absolute atomic E-state index is 11.9. The summed E-state index contributed by atoms with van der Waals surface area (Å²) in [5, 5.41) is 17.8. The van der Waals surface area contributed by atoms with Crippen LogP contribution in [0.2, 0.25) is 0 Å². The van der Waals surface area contributed by atoms with Crippen molar-refractivity contribution >= 4 is 11.6 Å². The van der Waals surface area contributed by atoms with E-state index < -0.39 is 4.92 Å². The van der Waals surface area contributed by atoms with E-state index in [1.807, 2.05) is 30.3 Å². The summed E-state index contributed by atoms with van der Waals surface area (Å²) in [6.07, 6.45) is 1.61. The molecule has 0 saturated carbocycles. The lowest BCUT2D eigenvalue weighted by atomic mass is 10.3. The molecule has 0 spiro atoms. The maximum Gasteiger partial charge on any atom is 0.312 e. The molecule has 134 valence electrons.